The zero-order chi connectivity index (χ0) is 11.1. The van der Waals surface area contributed by atoms with Gasteiger partial charge in [0.25, 0.3) is 0 Å². The number of nitrogens with zero attached hydrogens (tertiary/aromatic N) is 1. The van der Waals surface area contributed by atoms with Crippen LogP contribution in [0, 0.1) is 0 Å². The van der Waals surface area contributed by atoms with Crippen molar-refractivity contribution >= 4 is 22.9 Å². The van der Waals surface area contributed by atoms with E-state index in [9.17, 15) is 0 Å². The van der Waals surface area contributed by atoms with Crippen molar-refractivity contribution in [3.8, 4) is 0 Å². The van der Waals surface area contributed by atoms with E-state index in [-0.39, 0.29) is 0 Å². The molecule has 0 aliphatic heterocycles. The molecule has 0 saturated heterocycles. The Balaban J connectivity index is 2.56. The summed E-state index contributed by atoms with van der Waals surface area (Å²) in [5.41, 5.74) is 7.19. The Morgan fingerprint density at radius 3 is 3.00 bits per heavy atom. The predicted octanol–water partition coefficient (Wildman–Crippen LogP) is 2.32. The molecule has 3 N–H and O–H groups in total. The van der Waals surface area contributed by atoms with Crippen LogP contribution in [-0.4, -0.2) is 16.5 Å². The fourth-order valence-electron chi connectivity index (χ4n) is 1.34. The van der Waals surface area contributed by atoms with Gasteiger partial charge in [-0.15, -0.1) is 0 Å². The molecule has 0 aromatic carbocycles. The van der Waals surface area contributed by atoms with Crippen LogP contribution < -0.4 is 11.1 Å². The molecule has 0 unspecified atom stereocenters. The van der Waals surface area contributed by atoms with E-state index in [1.54, 1.807) is 6.20 Å². The summed E-state index contributed by atoms with van der Waals surface area (Å²) in [7, 11) is 0. The van der Waals surface area contributed by atoms with Crippen LogP contribution in [0.25, 0.3) is 0 Å². The highest BCUT2D eigenvalue weighted by Gasteiger charge is 2.04. The molecule has 1 aromatic rings. The number of thiocarbonyl (C=S) groups is 1. The molecule has 82 valence electrons. The highest BCUT2D eigenvalue weighted by atomic mass is 32.1. The Hall–Kier alpha value is -1.16. The Bertz CT molecular complexity index is 325. The molecule has 0 aliphatic carbocycles. The quantitative estimate of drug-likeness (QED) is 0.574. The number of nitrogens with one attached hydrogen (secondary N) is 1. The summed E-state index contributed by atoms with van der Waals surface area (Å²) >= 11 is 4.93. The molecule has 0 saturated carbocycles. The van der Waals surface area contributed by atoms with Gasteiger partial charge in [0.15, 0.2) is 0 Å². The van der Waals surface area contributed by atoms with Crippen LogP contribution in [0.15, 0.2) is 18.3 Å². The lowest BCUT2D eigenvalue weighted by Crippen LogP contribution is -2.15. The molecule has 1 aromatic heterocycles. The summed E-state index contributed by atoms with van der Waals surface area (Å²) in [5.74, 6) is 0. The van der Waals surface area contributed by atoms with Gasteiger partial charge in [-0.2, -0.15) is 0 Å². The summed E-state index contributed by atoms with van der Waals surface area (Å²) < 4.78 is 0. The Morgan fingerprint density at radius 1 is 1.53 bits per heavy atom. The first-order chi connectivity index (χ1) is 7.25. The minimum absolute atomic E-state index is 0.341. The Labute approximate surface area is 96.1 Å². The Kier molecular flexibility index (Phi) is 5.04. The first kappa shape index (κ1) is 11.9. The molecular weight excluding hydrogens is 206 g/mol. The van der Waals surface area contributed by atoms with Gasteiger partial charge < -0.3 is 11.1 Å². The standard InChI is InChI=1S/C11H17N3S/c1-2-3-4-7-13-9-6-5-8-14-10(9)11(12)15/h5-6,8,13H,2-4,7H2,1H3,(H2,12,15). The number of hydrogen-bond acceptors (Lipinski definition) is 3. The molecule has 15 heavy (non-hydrogen) atoms. The van der Waals surface area contributed by atoms with E-state index in [4.69, 9.17) is 18.0 Å². The van der Waals surface area contributed by atoms with Gasteiger partial charge in [-0.05, 0) is 18.6 Å². The highest BCUT2D eigenvalue weighted by molar-refractivity contribution is 7.80. The zero-order valence-corrected chi connectivity index (χ0v) is 9.81. The SMILES string of the molecule is CCCCCNc1cccnc1C(N)=S. The predicted molar refractivity (Wildman–Crippen MR) is 68.1 cm³/mol. The van der Waals surface area contributed by atoms with Crippen molar-refractivity contribution in [2.75, 3.05) is 11.9 Å². The minimum Gasteiger partial charge on any atom is -0.388 e. The van der Waals surface area contributed by atoms with Crippen LogP contribution in [-0.2, 0) is 0 Å². The van der Waals surface area contributed by atoms with E-state index in [1.165, 1.54) is 12.8 Å². The van der Waals surface area contributed by atoms with Gasteiger partial charge in [-0.25, -0.2) is 0 Å². The molecule has 0 aliphatic rings. The van der Waals surface area contributed by atoms with Crippen molar-refractivity contribution in [2.24, 2.45) is 5.73 Å². The molecule has 0 fully saturated rings. The first-order valence-corrected chi connectivity index (χ1v) is 5.65. The highest BCUT2D eigenvalue weighted by Crippen LogP contribution is 2.11. The maximum absolute atomic E-state index is 5.57. The fourth-order valence-corrected chi connectivity index (χ4v) is 1.51. The van der Waals surface area contributed by atoms with Gasteiger partial charge in [0.2, 0.25) is 0 Å². The van der Waals surface area contributed by atoms with Gasteiger partial charge in [0, 0.05) is 12.7 Å². The van der Waals surface area contributed by atoms with Crippen LogP contribution in [0.1, 0.15) is 31.9 Å². The number of unbranched alkanes of at least 4 members (excludes halogenated alkanes) is 2. The third-order valence-electron chi connectivity index (χ3n) is 2.14. The number of aromatic nitrogens is 1. The van der Waals surface area contributed by atoms with Gasteiger partial charge in [0.1, 0.15) is 10.7 Å². The Morgan fingerprint density at radius 2 is 2.33 bits per heavy atom. The minimum atomic E-state index is 0.341. The zero-order valence-electron chi connectivity index (χ0n) is 8.99. The van der Waals surface area contributed by atoms with E-state index in [0.29, 0.717) is 10.7 Å². The summed E-state index contributed by atoms with van der Waals surface area (Å²) in [4.78, 5) is 4.49. The summed E-state index contributed by atoms with van der Waals surface area (Å²) in [5, 5.41) is 3.30. The average Bonchev–Trinajstić information content (AvgIpc) is 2.25. The molecule has 1 heterocycles. The van der Waals surface area contributed by atoms with E-state index in [0.717, 1.165) is 18.7 Å². The van der Waals surface area contributed by atoms with E-state index >= 15 is 0 Å². The monoisotopic (exact) mass is 223 g/mol. The van der Waals surface area contributed by atoms with Crippen molar-refractivity contribution in [3.05, 3.63) is 24.0 Å². The molecule has 0 bridgehead atoms. The van der Waals surface area contributed by atoms with Crippen LogP contribution in [0.3, 0.4) is 0 Å². The lowest BCUT2D eigenvalue weighted by atomic mass is 10.2. The van der Waals surface area contributed by atoms with Gasteiger partial charge in [0.05, 0.1) is 5.69 Å². The topological polar surface area (TPSA) is 50.9 Å². The van der Waals surface area contributed by atoms with Crippen LogP contribution in [0.5, 0.6) is 0 Å². The first-order valence-electron chi connectivity index (χ1n) is 5.24. The summed E-state index contributed by atoms with van der Waals surface area (Å²) in [6.45, 7) is 3.12. The average molecular weight is 223 g/mol. The van der Waals surface area contributed by atoms with Crippen molar-refractivity contribution in [1.82, 2.24) is 4.98 Å². The number of rotatable bonds is 6. The maximum atomic E-state index is 5.57. The molecule has 0 amide bonds. The van der Waals surface area contributed by atoms with Crippen molar-refractivity contribution in [3.63, 3.8) is 0 Å². The van der Waals surface area contributed by atoms with Crippen LogP contribution in [0.4, 0.5) is 5.69 Å². The number of pyridine rings is 1. The third-order valence-corrected chi connectivity index (χ3v) is 2.33. The number of hydrogen-bond donors (Lipinski definition) is 2. The second-order valence-corrected chi connectivity index (χ2v) is 3.84. The lowest BCUT2D eigenvalue weighted by molar-refractivity contribution is 0.743. The smallest absolute Gasteiger partial charge is 0.124 e. The van der Waals surface area contributed by atoms with Gasteiger partial charge >= 0.3 is 0 Å². The maximum Gasteiger partial charge on any atom is 0.124 e. The molecule has 3 nitrogen and oxygen atoms in total. The van der Waals surface area contributed by atoms with E-state index in [2.05, 4.69) is 17.2 Å². The second kappa shape index (κ2) is 6.35. The number of anilines is 1. The molecule has 4 heteroatoms. The molecule has 0 spiro atoms. The molecule has 0 radical (unpaired) electrons. The summed E-state index contributed by atoms with van der Waals surface area (Å²) in [6.07, 6.45) is 5.31. The van der Waals surface area contributed by atoms with Crippen LogP contribution >= 0.6 is 12.2 Å². The van der Waals surface area contributed by atoms with Crippen molar-refractivity contribution < 1.29 is 0 Å². The van der Waals surface area contributed by atoms with Crippen LogP contribution in [0.2, 0.25) is 0 Å². The van der Waals surface area contributed by atoms with E-state index in [1.807, 2.05) is 12.1 Å². The largest absolute Gasteiger partial charge is 0.388 e. The molecular formula is C11H17N3S. The van der Waals surface area contributed by atoms with Crippen molar-refractivity contribution in [2.45, 2.75) is 26.2 Å². The van der Waals surface area contributed by atoms with Crippen molar-refractivity contribution in [1.29, 1.82) is 0 Å². The second-order valence-electron chi connectivity index (χ2n) is 3.40. The van der Waals surface area contributed by atoms with E-state index < -0.39 is 0 Å². The van der Waals surface area contributed by atoms with Gasteiger partial charge in [-0.3, -0.25) is 4.98 Å². The third kappa shape index (κ3) is 3.83. The fraction of sp³-hybridized carbons (Fsp3) is 0.455. The van der Waals surface area contributed by atoms with Gasteiger partial charge in [-0.1, -0.05) is 32.0 Å². The lowest BCUT2D eigenvalue weighted by Gasteiger charge is -2.09. The summed E-state index contributed by atoms with van der Waals surface area (Å²) in [6, 6.07) is 3.83. The number of nitrogens with two attached hydrogens (primary N) is 1. The molecule has 0 atom stereocenters. The molecule has 1 rings (SSSR count). The normalized spacial score (nSPS) is 9.93.